The van der Waals surface area contributed by atoms with Gasteiger partial charge < -0.3 is 0 Å². The van der Waals surface area contributed by atoms with E-state index in [9.17, 15) is 0 Å². The Morgan fingerprint density at radius 2 is 0.375 bits per heavy atom. The third kappa shape index (κ3) is 683. The first-order valence-corrected chi connectivity index (χ1v) is 0. The average Bonchev–Trinajstić information content (AvgIpc) is 0. The van der Waals surface area contributed by atoms with Crippen LogP contribution in [0.5, 0.6) is 0 Å². The van der Waals surface area contributed by atoms with Gasteiger partial charge >= 0.3 is 0 Å². The lowest BCUT2D eigenvalue weighted by atomic mass is 19.0. The zero-order valence-electron chi connectivity index (χ0n) is 3.73. The van der Waals surface area contributed by atoms with Gasteiger partial charge in [-0.25, -0.2) is 0 Å². The summed E-state index contributed by atoms with van der Waals surface area (Å²) in [6.07, 6.45) is 0. The highest BCUT2D eigenvalue weighted by molar-refractivity contribution is 6.92. The van der Waals surface area contributed by atoms with Gasteiger partial charge in [-0.3, -0.25) is 28.2 Å². The highest BCUT2D eigenvalue weighted by atomic mass is 31.0. The maximum Gasteiger partial charge on any atom is 0 e. The van der Waals surface area contributed by atoms with Crippen LogP contribution in [-0.4, -0.2) is 17.4 Å². The minimum absolute atomic E-state index is 0. The first kappa shape index (κ1) is 1650. The molecule has 0 nitrogen and oxygen atoms in total. The topological polar surface area (TPSA) is 0 Å². The van der Waals surface area contributed by atoms with Crippen molar-refractivity contribution < 1.29 is 28.2 Å². The Balaban J connectivity index is 0. The van der Waals surface area contributed by atoms with E-state index in [1.807, 2.05) is 0 Å². The summed E-state index contributed by atoms with van der Waals surface area (Å²) in [5.41, 5.74) is 0. The molecule has 0 aliphatic rings. The zero-order valence-corrected chi connectivity index (χ0v) is 6.30. The number of halogens is 6. The molecule has 0 aliphatic carbocycles. The molecule has 0 N–H and O–H groups in total. The summed E-state index contributed by atoms with van der Waals surface area (Å²) in [5.74, 6) is 0. The molecule has 0 spiro atoms. The highest BCUT2D eigenvalue weighted by Gasteiger charge is 0.0000296. The summed E-state index contributed by atoms with van der Waals surface area (Å²) < 4.78 is 0. The van der Waals surface area contributed by atoms with Gasteiger partial charge in [0.2, 0.25) is 0 Å². The van der Waals surface area contributed by atoms with Gasteiger partial charge in [0.05, 0.1) is 0 Å². The Bertz CT molecular complexity index is 8.49. The maximum atomic E-state index is 0. The van der Waals surface area contributed by atoms with E-state index in [2.05, 4.69) is 0 Å². The van der Waals surface area contributed by atoms with E-state index in [4.69, 9.17) is 0 Å². The summed E-state index contributed by atoms with van der Waals surface area (Å²) in [6, 6.07) is 0. The predicted molar refractivity (Wildman–Crippen MR) is 31.9 cm³/mol. The summed E-state index contributed by atoms with van der Waals surface area (Å²) in [6.45, 7) is 0. The summed E-state index contributed by atoms with van der Waals surface area (Å²) >= 11 is 0. The Morgan fingerprint density at radius 3 is 0.375 bits per heavy atom. The molecule has 8 heavy (non-hydrogen) atoms. The van der Waals surface area contributed by atoms with Crippen LogP contribution in [0, 0.1) is 0 Å². The van der Waals surface area contributed by atoms with Crippen LogP contribution in [0.3, 0.4) is 0 Å². The van der Waals surface area contributed by atoms with Gasteiger partial charge in [-0.15, -0.1) is 0 Å². The molecule has 3 radical (unpaired) electrons. The molecule has 59 valence electrons. The van der Waals surface area contributed by atoms with E-state index in [-0.39, 0.29) is 55.5 Å². The molecular weight excluding hydrogens is 172 g/mol. The fourth-order valence-corrected chi connectivity index (χ4v) is 0. The molecule has 1 atom stereocenters. The largest absolute Gasteiger partial charge is 0.269 e. The van der Waals surface area contributed by atoms with Crippen LogP contribution < -0.4 is 0 Å². The summed E-state index contributed by atoms with van der Waals surface area (Å²) in [7, 11) is 0. The normalized spacial score (nSPS) is 0. The van der Waals surface area contributed by atoms with Crippen LogP contribution in [0.1, 0.15) is 0 Å². The van der Waals surface area contributed by atoms with Gasteiger partial charge in [0.15, 0.2) is 0 Å². The third-order valence-electron chi connectivity index (χ3n) is 0. The van der Waals surface area contributed by atoms with Crippen molar-refractivity contribution in [3.8, 4) is 0 Å². The molecule has 0 aromatic rings. The van der Waals surface area contributed by atoms with Crippen molar-refractivity contribution >= 4 is 27.3 Å². The first-order chi connectivity index (χ1) is 0. The molecule has 0 heterocycles. The molecule has 0 saturated carbocycles. The van der Waals surface area contributed by atoms with Crippen molar-refractivity contribution in [2.45, 2.75) is 0 Å². The van der Waals surface area contributed by atoms with Gasteiger partial charge in [-0.1, -0.05) is 0 Å². The van der Waals surface area contributed by atoms with Crippen LogP contribution in [0.4, 0.5) is 28.2 Å². The fourth-order valence-electron chi connectivity index (χ4n) is 0. The number of rotatable bonds is 0. The van der Waals surface area contributed by atoms with Gasteiger partial charge in [-0.2, -0.15) is 9.90 Å². The summed E-state index contributed by atoms with van der Waals surface area (Å²) in [4.78, 5) is 0. The highest BCUT2D eigenvalue weighted by Crippen LogP contribution is 0.861. The standard InChI is InChI=1S/Al.6FH.H3P/h;6*1H;1H3. The Morgan fingerprint density at radius 1 is 0.375 bits per heavy atom. The molecule has 8 heteroatoms. The predicted octanol–water partition coefficient (Wildman–Crippen LogP) is 0.592. The summed E-state index contributed by atoms with van der Waals surface area (Å²) in [5, 5.41) is 0. The lowest BCUT2D eigenvalue weighted by molar-refractivity contribution is 1.11. The maximum absolute atomic E-state index is 0. The molecule has 0 saturated heterocycles. The van der Waals surface area contributed by atoms with Crippen LogP contribution in [0.25, 0.3) is 0 Å². The van der Waals surface area contributed by atoms with E-state index in [0.29, 0.717) is 0 Å². The second kappa shape index (κ2) is 1100. The van der Waals surface area contributed by atoms with E-state index < -0.39 is 0 Å². The number of hydrogen-bond donors (Lipinski definition) is 0. The van der Waals surface area contributed by atoms with Crippen LogP contribution >= 0.6 is 9.90 Å². The second-order valence-electron chi connectivity index (χ2n) is 0. The van der Waals surface area contributed by atoms with Crippen molar-refractivity contribution in [1.29, 1.82) is 0 Å². The SMILES string of the molecule is F.F.F.F.F.F.P.[Al]. The van der Waals surface area contributed by atoms with E-state index in [0.717, 1.165) is 0 Å². The Hall–Kier alpha value is 0.542. The van der Waals surface area contributed by atoms with E-state index in [1.54, 1.807) is 0 Å². The van der Waals surface area contributed by atoms with Crippen molar-refractivity contribution in [3.05, 3.63) is 0 Å². The number of hydrogen-bond acceptors (Lipinski definition) is 0. The molecule has 0 fully saturated rings. The Labute approximate surface area is 56.4 Å². The van der Waals surface area contributed by atoms with Crippen LogP contribution in [0.2, 0.25) is 0 Å². The lowest BCUT2D eigenvalue weighted by Crippen LogP contribution is -0.381. The van der Waals surface area contributed by atoms with Crippen molar-refractivity contribution in [1.82, 2.24) is 0 Å². The minimum Gasteiger partial charge on any atom is -0.269 e. The van der Waals surface area contributed by atoms with Crippen molar-refractivity contribution in [2.24, 2.45) is 0 Å². The molecular formula is H9AlF6P. The fraction of sp³-hybridized carbons (Fsp3) is 0. The van der Waals surface area contributed by atoms with Crippen LogP contribution in [0.15, 0.2) is 0 Å². The molecule has 0 aromatic carbocycles. The van der Waals surface area contributed by atoms with Crippen molar-refractivity contribution in [2.75, 3.05) is 0 Å². The molecule has 0 bridgehead atoms. The van der Waals surface area contributed by atoms with Gasteiger partial charge in [0, 0.05) is 17.4 Å². The Kier molecular flexibility index (Phi) is 226000. The smallest absolute Gasteiger partial charge is 0 e. The van der Waals surface area contributed by atoms with Gasteiger partial charge in [-0.05, 0) is 0 Å². The zero-order chi connectivity index (χ0) is 0. The van der Waals surface area contributed by atoms with Gasteiger partial charge in [0.25, 0.3) is 0 Å². The third-order valence-corrected chi connectivity index (χ3v) is 0. The second-order valence-corrected chi connectivity index (χ2v) is 0. The first-order valence-electron chi connectivity index (χ1n) is 0. The van der Waals surface area contributed by atoms with Gasteiger partial charge in [0.1, 0.15) is 0 Å². The quantitative estimate of drug-likeness (QED) is 0.291. The lowest BCUT2D eigenvalue weighted by Gasteiger charge is -0.270. The molecule has 0 rings (SSSR count). The molecule has 0 amide bonds. The van der Waals surface area contributed by atoms with Crippen molar-refractivity contribution in [3.63, 3.8) is 0 Å². The molecule has 0 aliphatic heterocycles. The average molecular weight is 181 g/mol. The van der Waals surface area contributed by atoms with E-state index >= 15 is 0 Å². The van der Waals surface area contributed by atoms with Crippen LogP contribution in [-0.2, 0) is 0 Å². The monoisotopic (exact) mass is 181 g/mol. The molecule has 0 aromatic heterocycles. The minimum atomic E-state index is 0. The molecule has 1 unspecified atom stereocenters. The van der Waals surface area contributed by atoms with E-state index in [1.165, 1.54) is 0 Å².